The fraction of sp³-hybridized carbons (Fsp3) is 0.435. The van der Waals surface area contributed by atoms with Crippen LogP contribution in [0.4, 0.5) is 11.4 Å². The van der Waals surface area contributed by atoms with Gasteiger partial charge in [-0.25, -0.2) is 8.42 Å². The molecule has 0 aromatic heterocycles. The van der Waals surface area contributed by atoms with Crippen LogP contribution in [0.15, 0.2) is 47.4 Å². The largest absolute Gasteiger partial charge is 0.379 e. The molecule has 7 nitrogen and oxygen atoms in total. The number of nitrogens with one attached hydrogen (secondary N) is 1. The molecule has 0 spiro atoms. The summed E-state index contributed by atoms with van der Waals surface area (Å²) in [5.74, 6) is -0.317. The van der Waals surface area contributed by atoms with Crippen molar-refractivity contribution in [3.8, 4) is 0 Å². The number of amides is 1. The average molecular weight is 444 g/mol. The van der Waals surface area contributed by atoms with Crippen LogP contribution in [0.25, 0.3) is 0 Å². The summed E-state index contributed by atoms with van der Waals surface area (Å²) in [5, 5.41) is 2.90. The number of piperidine rings is 1. The van der Waals surface area contributed by atoms with Crippen molar-refractivity contribution in [3.63, 3.8) is 0 Å². The predicted molar refractivity (Wildman–Crippen MR) is 121 cm³/mol. The lowest BCUT2D eigenvalue weighted by Crippen LogP contribution is -2.40. The van der Waals surface area contributed by atoms with E-state index in [4.69, 9.17) is 4.74 Å². The Morgan fingerprint density at radius 1 is 0.935 bits per heavy atom. The first-order valence-electron chi connectivity index (χ1n) is 10.8. The molecule has 2 saturated heterocycles. The van der Waals surface area contributed by atoms with Crippen LogP contribution < -0.4 is 10.2 Å². The smallest absolute Gasteiger partial charge is 0.255 e. The molecule has 4 rings (SSSR count). The molecule has 2 aliphatic rings. The molecule has 2 aromatic rings. The molecule has 2 heterocycles. The second-order valence-corrected chi connectivity index (χ2v) is 9.98. The van der Waals surface area contributed by atoms with Crippen LogP contribution in [0, 0.1) is 6.92 Å². The minimum atomic E-state index is -3.66. The predicted octanol–water partition coefficient (Wildman–Crippen LogP) is 3.26. The summed E-state index contributed by atoms with van der Waals surface area (Å²) >= 11 is 0. The van der Waals surface area contributed by atoms with Crippen molar-refractivity contribution in [3.05, 3.63) is 53.6 Å². The van der Waals surface area contributed by atoms with Gasteiger partial charge in [0, 0.05) is 43.1 Å². The van der Waals surface area contributed by atoms with Gasteiger partial charge in [-0.15, -0.1) is 0 Å². The molecular weight excluding hydrogens is 414 g/mol. The van der Waals surface area contributed by atoms with Gasteiger partial charge in [-0.2, -0.15) is 4.31 Å². The highest BCUT2D eigenvalue weighted by Gasteiger charge is 2.27. The van der Waals surface area contributed by atoms with E-state index in [-0.39, 0.29) is 10.8 Å². The highest BCUT2D eigenvalue weighted by molar-refractivity contribution is 7.89. The number of aryl methyl sites for hydroxylation is 1. The van der Waals surface area contributed by atoms with Gasteiger partial charge in [0.15, 0.2) is 0 Å². The number of carbonyl (C=O) groups is 1. The quantitative estimate of drug-likeness (QED) is 0.767. The first-order valence-corrected chi connectivity index (χ1v) is 12.2. The Labute approximate surface area is 184 Å². The molecule has 0 radical (unpaired) electrons. The third-order valence-electron chi connectivity index (χ3n) is 5.91. The van der Waals surface area contributed by atoms with Crippen LogP contribution in [0.1, 0.15) is 35.2 Å². The van der Waals surface area contributed by atoms with Crippen molar-refractivity contribution >= 4 is 27.3 Å². The second kappa shape index (κ2) is 9.38. The van der Waals surface area contributed by atoms with E-state index in [1.54, 1.807) is 19.1 Å². The third kappa shape index (κ3) is 4.92. The van der Waals surface area contributed by atoms with Crippen LogP contribution in [-0.2, 0) is 14.8 Å². The summed E-state index contributed by atoms with van der Waals surface area (Å²) in [6.07, 6.45) is 3.70. The number of ether oxygens (including phenoxy) is 1. The maximum absolute atomic E-state index is 13.0. The Kier molecular flexibility index (Phi) is 6.60. The average Bonchev–Trinajstić information content (AvgIpc) is 2.81. The third-order valence-corrected chi connectivity index (χ3v) is 7.80. The summed E-state index contributed by atoms with van der Waals surface area (Å²) in [5.41, 5.74) is 2.93. The van der Waals surface area contributed by atoms with Gasteiger partial charge in [-0.3, -0.25) is 4.79 Å². The maximum atomic E-state index is 13.0. The molecule has 0 aliphatic carbocycles. The second-order valence-electron chi connectivity index (χ2n) is 8.04. The Bertz CT molecular complexity index is 1030. The molecule has 0 saturated carbocycles. The van der Waals surface area contributed by atoms with Crippen molar-refractivity contribution < 1.29 is 17.9 Å². The molecule has 1 amide bonds. The van der Waals surface area contributed by atoms with E-state index >= 15 is 0 Å². The van der Waals surface area contributed by atoms with E-state index in [0.29, 0.717) is 37.6 Å². The minimum absolute atomic E-state index is 0.130. The van der Waals surface area contributed by atoms with Gasteiger partial charge in [0.1, 0.15) is 0 Å². The number of anilines is 2. The monoisotopic (exact) mass is 443 g/mol. The first-order chi connectivity index (χ1) is 14.9. The van der Waals surface area contributed by atoms with Crippen molar-refractivity contribution in [1.29, 1.82) is 0 Å². The van der Waals surface area contributed by atoms with Gasteiger partial charge >= 0.3 is 0 Å². The number of carbonyl (C=O) groups excluding carboxylic acids is 1. The number of nitrogens with zero attached hydrogens (tertiary/aromatic N) is 2. The molecule has 2 aliphatic heterocycles. The van der Waals surface area contributed by atoms with Crippen LogP contribution in [-0.4, -0.2) is 58.0 Å². The highest BCUT2D eigenvalue weighted by Crippen LogP contribution is 2.24. The molecule has 166 valence electrons. The van der Waals surface area contributed by atoms with Crippen LogP contribution in [0.2, 0.25) is 0 Å². The van der Waals surface area contributed by atoms with E-state index in [1.165, 1.54) is 29.6 Å². The standard InChI is InChI=1S/C23H29N3O4S/c1-18-5-10-21(31(28,29)26-13-15-30-16-14-26)17-22(18)23(27)24-19-6-8-20(9-7-19)25-11-3-2-4-12-25/h5-10,17H,2-4,11-16H2,1H3,(H,24,27). The van der Waals surface area contributed by atoms with Crippen molar-refractivity contribution in [1.82, 2.24) is 4.31 Å². The molecule has 8 heteroatoms. The highest BCUT2D eigenvalue weighted by atomic mass is 32.2. The number of hydrogen-bond donors (Lipinski definition) is 1. The number of rotatable bonds is 5. The zero-order chi connectivity index (χ0) is 21.8. The van der Waals surface area contributed by atoms with E-state index in [1.807, 2.05) is 24.3 Å². The summed E-state index contributed by atoms with van der Waals surface area (Å²) in [6.45, 7) is 5.34. The summed E-state index contributed by atoms with van der Waals surface area (Å²) in [4.78, 5) is 15.4. The van der Waals surface area contributed by atoms with Gasteiger partial charge in [-0.05, 0) is 68.1 Å². The number of sulfonamides is 1. The van der Waals surface area contributed by atoms with Crippen LogP contribution in [0.3, 0.4) is 0 Å². The maximum Gasteiger partial charge on any atom is 0.255 e. The zero-order valence-corrected chi connectivity index (χ0v) is 18.7. The van der Waals surface area contributed by atoms with E-state index in [0.717, 1.165) is 24.3 Å². The van der Waals surface area contributed by atoms with E-state index < -0.39 is 10.0 Å². The lowest BCUT2D eigenvalue weighted by atomic mass is 10.1. The fourth-order valence-corrected chi connectivity index (χ4v) is 5.48. The lowest BCUT2D eigenvalue weighted by molar-refractivity contribution is 0.0730. The molecule has 31 heavy (non-hydrogen) atoms. The van der Waals surface area contributed by atoms with Gasteiger partial charge in [-0.1, -0.05) is 6.07 Å². The Balaban J connectivity index is 1.50. The molecule has 1 N–H and O–H groups in total. The Morgan fingerprint density at radius 3 is 2.29 bits per heavy atom. The minimum Gasteiger partial charge on any atom is -0.379 e. The SMILES string of the molecule is Cc1ccc(S(=O)(=O)N2CCOCC2)cc1C(=O)Nc1ccc(N2CCCCC2)cc1. The van der Waals surface area contributed by atoms with Gasteiger partial charge < -0.3 is 15.0 Å². The Hall–Kier alpha value is -2.42. The molecule has 2 aromatic carbocycles. The van der Waals surface area contributed by atoms with Gasteiger partial charge in [0.05, 0.1) is 18.1 Å². The van der Waals surface area contributed by atoms with Crippen LogP contribution in [0.5, 0.6) is 0 Å². The molecule has 0 bridgehead atoms. The lowest BCUT2D eigenvalue weighted by Gasteiger charge is -2.28. The molecular formula is C23H29N3O4S. The van der Waals surface area contributed by atoms with Crippen molar-refractivity contribution in [2.24, 2.45) is 0 Å². The van der Waals surface area contributed by atoms with E-state index in [2.05, 4.69) is 10.2 Å². The summed E-state index contributed by atoms with van der Waals surface area (Å²) in [7, 11) is -3.66. The Morgan fingerprint density at radius 2 is 1.61 bits per heavy atom. The van der Waals surface area contributed by atoms with Gasteiger partial charge in [0.25, 0.3) is 5.91 Å². The zero-order valence-electron chi connectivity index (χ0n) is 17.8. The molecule has 2 fully saturated rings. The fourth-order valence-electron chi connectivity index (χ4n) is 4.05. The van der Waals surface area contributed by atoms with Crippen molar-refractivity contribution in [2.75, 3.05) is 49.6 Å². The first kappa shape index (κ1) is 21.8. The number of morpholine rings is 1. The normalized spacial score (nSPS) is 18.0. The van der Waals surface area contributed by atoms with Crippen LogP contribution >= 0.6 is 0 Å². The number of benzene rings is 2. The summed E-state index contributed by atoms with van der Waals surface area (Å²) < 4.78 is 32.6. The van der Waals surface area contributed by atoms with E-state index in [9.17, 15) is 13.2 Å². The van der Waals surface area contributed by atoms with Crippen molar-refractivity contribution in [2.45, 2.75) is 31.1 Å². The molecule has 0 atom stereocenters. The van der Waals surface area contributed by atoms with Gasteiger partial charge in [0.2, 0.25) is 10.0 Å². The molecule has 0 unspecified atom stereocenters. The summed E-state index contributed by atoms with van der Waals surface area (Å²) in [6, 6.07) is 12.5. The topological polar surface area (TPSA) is 78.9 Å². The number of hydrogen-bond acceptors (Lipinski definition) is 5.